The molecule has 3 rings (SSSR count). The average molecular weight is 390 g/mol. The van der Waals surface area contributed by atoms with E-state index in [1.165, 1.54) is 18.2 Å². The Bertz CT molecular complexity index is 1030. The molecule has 0 N–H and O–H groups in total. The molecule has 0 spiro atoms. The largest absolute Gasteiger partial charge is 0.268 e. The molecule has 4 nitrogen and oxygen atoms in total. The number of hydrogen-bond acceptors (Lipinski definition) is 3. The van der Waals surface area contributed by atoms with Gasteiger partial charge in [-0.25, -0.2) is 25.4 Å². The van der Waals surface area contributed by atoms with Crippen molar-refractivity contribution in [3.05, 3.63) is 60.3 Å². The van der Waals surface area contributed by atoms with Gasteiger partial charge in [0.15, 0.2) is 0 Å². The van der Waals surface area contributed by atoms with Crippen LogP contribution in [0.2, 0.25) is 0 Å². The maximum atomic E-state index is 13.0. The zero-order valence-corrected chi connectivity index (χ0v) is 14.3. The van der Waals surface area contributed by atoms with Crippen LogP contribution in [0.3, 0.4) is 0 Å². The highest BCUT2D eigenvalue weighted by Gasteiger charge is 2.23. The topological polar surface area (TPSA) is 56.1 Å². The number of benzene rings is 2. The Morgan fingerprint density at radius 1 is 1.08 bits per heavy atom. The van der Waals surface area contributed by atoms with Crippen molar-refractivity contribution in [2.75, 3.05) is 0 Å². The van der Waals surface area contributed by atoms with Crippen molar-refractivity contribution in [2.24, 2.45) is 0 Å². The number of aromatic nitrogens is 1. The first kappa shape index (κ1) is 17.1. The van der Waals surface area contributed by atoms with Crippen LogP contribution in [0.25, 0.3) is 10.9 Å². The first-order valence-electron chi connectivity index (χ1n) is 6.64. The molecule has 3 aromatic rings. The van der Waals surface area contributed by atoms with E-state index in [0.717, 1.165) is 22.3 Å². The van der Waals surface area contributed by atoms with Gasteiger partial charge in [-0.05, 0) is 28.9 Å². The van der Waals surface area contributed by atoms with Gasteiger partial charge in [-0.1, -0.05) is 30.3 Å². The summed E-state index contributed by atoms with van der Waals surface area (Å²) in [6.07, 6.45) is -1.66. The highest BCUT2D eigenvalue weighted by Crippen LogP contribution is 2.32. The monoisotopic (exact) mass is 389 g/mol. The van der Waals surface area contributed by atoms with Crippen LogP contribution >= 0.6 is 10.7 Å². The van der Waals surface area contributed by atoms with E-state index >= 15 is 0 Å². The smallest absolute Gasteiger partial charge is 0.240 e. The average Bonchev–Trinajstić information content (AvgIpc) is 2.95. The SMILES string of the molecule is O=S(Cl)c1cn(S(=O)(=O)c2ccccc2)c2cc(C(F)F)ccc12. The van der Waals surface area contributed by atoms with E-state index in [1.54, 1.807) is 18.2 Å². The quantitative estimate of drug-likeness (QED) is 0.632. The van der Waals surface area contributed by atoms with Crippen molar-refractivity contribution in [1.82, 2.24) is 3.97 Å². The van der Waals surface area contributed by atoms with Gasteiger partial charge >= 0.3 is 0 Å². The van der Waals surface area contributed by atoms with Crippen molar-refractivity contribution in [2.45, 2.75) is 16.2 Å². The van der Waals surface area contributed by atoms with E-state index in [2.05, 4.69) is 0 Å². The van der Waals surface area contributed by atoms with E-state index < -0.39 is 26.5 Å². The third-order valence-electron chi connectivity index (χ3n) is 3.48. The van der Waals surface area contributed by atoms with Crippen LogP contribution in [0.4, 0.5) is 8.78 Å². The predicted octanol–water partition coefficient (Wildman–Crippen LogP) is 4.08. The lowest BCUT2D eigenvalue weighted by Gasteiger charge is -2.08. The Kier molecular flexibility index (Phi) is 4.46. The Balaban J connectivity index is 2.35. The standard InChI is InChI=1S/C15H10ClF2NO3S2/c16-23(20)14-9-19(24(21,22)11-4-2-1-3-5-11)13-8-10(15(17)18)6-7-12(13)14/h1-9,15H. The van der Waals surface area contributed by atoms with Crippen LogP contribution in [-0.2, 0) is 20.0 Å². The summed E-state index contributed by atoms with van der Waals surface area (Å²) >= 11 is 0. The minimum absolute atomic E-state index is 0.000605. The molecule has 9 heteroatoms. The van der Waals surface area contributed by atoms with Crippen LogP contribution in [0.15, 0.2) is 64.5 Å². The molecule has 0 saturated heterocycles. The third kappa shape index (κ3) is 2.85. The molecule has 1 aromatic heterocycles. The van der Waals surface area contributed by atoms with Crippen LogP contribution in [0.1, 0.15) is 12.0 Å². The fourth-order valence-electron chi connectivity index (χ4n) is 2.35. The summed E-state index contributed by atoms with van der Waals surface area (Å²) in [7, 11) is -0.424. The molecule has 0 saturated carbocycles. The number of fused-ring (bicyclic) bond motifs is 1. The summed E-state index contributed by atoms with van der Waals surface area (Å²) < 4.78 is 64.0. The van der Waals surface area contributed by atoms with Crippen molar-refractivity contribution in [1.29, 1.82) is 0 Å². The Morgan fingerprint density at radius 3 is 2.33 bits per heavy atom. The first-order valence-corrected chi connectivity index (χ1v) is 10.1. The maximum absolute atomic E-state index is 13.0. The number of halogens is 3. The molecule has 0 aliphatic rings. The molecular weight excluding hydrogens is 380 g/mol. The van der Waals surface area contributed by atoms with E-state index in [0.29, 0.717) is 0 Å². The zero-order valence-electron chi connectivity index (χ0n) is 11.9. The predicted molar refractivity (Wildman–Crippen MR) is 88.2 cm³/mol. The van der Waals surface area contributed by atoms with Crippen LogP contribution in [0.5, 0.6) is 0 Å². The van der Waals surface area contributed by atoms with Gasteiger partial charge in [-0.15, -0.1) is 0 Å². The van der Waals surface area contributed by atoms with Gasteiger partial charge in [0.05, 0.1) is 15.3 Å². The summed E-state index contributed by atoms with van der Waals surface area (Å²) in [6.45, 7) is 0. The molecule has 126 valence electrons. The Hall–Kier alpha value is -1.77. The van der Waals surface area contributed by atoms with Crippen LogP contribution in [0, 0.1) is 0 Å². The Labute approximate surface area is 143 Å². The van der Waals surface area contributed by atoms with Gasteiger partial charge in [0, 0.05) is 17.1 Å². The molecule has 0 aliphatic carbocycles. The van der Waals surface area contributed by atoms with Crippen LogP contribution in [-0.4, -0.2) is 16.6 Å². The van der Waals surface area contributed by atoms with Crippen molar-refractivity contribution < 1.29 is 21.4 Å². The second-order valence-corrected chi connectivity index (χ2v) is 8.45. The molecule has 0 aliphatic heterocycles. The lowest BCUT2D eigenvalue weighted by Crippen LogP contribution is -2.11. The second kappa shape index (κ2) is 6.27. The van der Waals surface area contributed by atoms with Crippen molar-refractivity contribution in [3.8, 4) is 0 Å². The minimum Gasteiger partial charge on any atom is -0.240 e. The molecule has 24 heavy (non-hydrogen) atoms. The lowest BCUT2D eigenvalue weighted by atomic mass is 10.2. The molecule has 0 bridgehead atoms. The third-order valence-corrected chi connectivity index (χ3v) is 6.34. The van der Waals surface area contributed by atoms with Crippen molar-refractivity contribution in [3.63, 3.8) is 0 Å². The van der Waals surface area contributed by atoms with Crippen molar-refractivity contribution >= 4 is 41.6 Å². The lowest BCUT2D eigenvalue weighted by molar-refractivity contribution is 0.151. The molecule has 0 radical (unpaired) electrons. The summed E-state index contributed by atoms with van der Waals surface area (Å²) in [5.41, 5.74) is -0.335. The fraction of sp³-hybridized carbons (Fsp3) is 0.0667. The normalized spacial score (nSPS) is 13.5. The van der Waals surface area contributed by atoms with E-state index in [9.17, 15) is 21.4 Å². The highest BCUT2D eigenvalue weighted by molar-refractivity contribution is 8.08. The maximum Gasteiger partial charge on any atom is 0.268 e. The summed E-state index contributed by atoms with van der Waals surface area (Å²) in [6, 6.07) is 11.0. The van der Waals surface area contributed by atoms with Gasteiger partial charge in [-0.2, -0.15) is 0 Å². The van der Waals surface area contributed by atoms with Gasteiger partial charge in [-0.3, -0.25) is 0 Å². The molecular formula is C15H10ClF2NO3S2. The summed E-state index contributed by atoms with van der Waals surface area (Å²) in [5.74, 6) is 0. The van der Waals surface area contributed by atoms with E-state index in [4.69, 9.17) is 10.7 Å². The highest BCUT2D eigenvalue weighted by atomic mass is 35.7. The minimum atomic E-state index is -4.04. The van der Waals surface area contributed by atoms with Gasteiger partial charge in [0.1, 0.15) is 10.0 Å². The summed E-state index contributed by atoms with van der Waals surface area (Å²) in [4.78, 5) is 0.0308. The number of rotatable bonds is 4. The van der Waals surface area contributed by atoms with Gasteiger partial charge in [0.25, 0.3) is 16.4 Å². The summed E-state index contributed by atoms with van der Waals surface area (Å²) in [5, 5.41) is 0.243. The molecule has 1 atom stereocenters. The number of nitrogens with zero attached hydrogens (tertiary/aromatic N) is 1. The molecule has 2 aromatic carbocycles. The molecule has 0 fully saturated rings. The van der Waals surface area contributed by atoms with Gasteiger partial charge < -0.3 is 0 Å². The molecule has 1 unspecified atom stereocenters. The zero-order chi connectivity index (χ0) is 17.5. The van der Waals surface area contributed by atoms with Gasteiger partial charge in [0.2, 0.25) is 0 Å². The fourth-order valence-corrected chi connectivity index (χ4v) is 4.71. The first-order chi connectivity index (χ1) is 11.3. The molecule has 1 heterocycles. The van der Waals surface area contributed by atoms with Crippen LogP contribution < -0.4 is 0 Å². The number of alkyl halides is 2. The van der Waals surface area contributed by atoms with E-state index in [1.807, 2.05) is 0 Å². The Morgan fingerprint density at radius 2 is 1.75 bits per heavy atom. The number of hydrogen-bond donors (Lipinski definition) is 0. The molecule has 0 amide bonds. The van der Waals surface area contributed by atoms with E-state index in [-0.39, 0.29) is 26.3 Å². The second-order valence-electron chi connectivity index (χ2n) is 4.91.